The number of aryl methyl sites for hydroxylation is 1. The van der Waals surface area contributed by atoms with Crippen molar-refractivity contribution in [1.29, 1.82) is 0 Å². The molecule has 0 saturated heterocycles. The van der Waals surface area contributed by atoms with Crippen LogP contribution in [-0.4, -0.2) is 26.0 Å². The van der Waals surface area contributed by atoms with Crippen LogP contribution in [0.25, 0.3) is 0 Å². The van der Waals surface area contributed by atoms with Crippen molar-refractivity contribution < 1.29 is 18.3 Å². The fourth-order valence-corrected chi connectivity index (χ4v) is 4.25. The molecule has 1 aromatic rings. The third-order valence-corrected chi connectivity index (χ3v) is 5.28. The number of sulfonamides is 1. The van der Waals surface area contributed by atoms with E-state index in [0.29, 0.717) is 18.4 Å². The fraction of sp³-hybridized carbons (Fsp3) is 0.417. The van der Waals surface area contributed by atoms with Crippen molar-refractivity contribution in [2.75, 3.05) is 6.54 Å². The average molecular weight is 301 g/mol. The Kier molecular flexibility index (Phi) is 5.54. The Morgan fingerprint density at radius 3 is 2.79 bits per heavy atom. The molecule has 0 aliphatic carbocycles. The van der Waals surface area contributed by atoms with E-state index in [0.717, 1.165) is 17.8 Å². The number of carboxylic acids is 1. The van der Waals surface area contributed by atoms with E-state index < -0.39 is 16.0 Å². The zero-order valence-corrected chi connectivity index (χ0v) is 12.1. The van der Waals surface area contributed by atoms with Gasteiger partial charge in [0.15, 0.2) is 0 Å². The van der Waals surface area contributed by atoms with Crippen LogP contribution in [0.3, 0.4) is 0 Å². The molecule has 0 saturated carbocycles. The molecule has 0 aliphatic rings. The maximum absolute atomic E-state index is 12.1. The summed E-state index contributed by atoms with van der Waals surface area (Å²) >= 11 is 0.913. The molecule has 1 aromatic heterocycles. The minimum absolute atomic E-state index is 0.137. The van der Waals surface area contributed by atoms with Crippen molar-refractivity contribution >= 4 is 27.3 Å². The molecule has 1 rings (SSSR count). The minimum atomic E-state index is -3.78. The second-order valence-electron chi connectivity index (χ2n) is 3.94. The van der Waals surface area contributed by atoms with E-state index in [4.69, 9.17) is 11.5 Å². The van der Waals surface area contributed by atoms with Crippen LogP contribution in [0, 0.1) is 19.3 Å². The second-order valence-corrected chi connectivity index (χ2v) is 6.52. The van der Waals surface area contributed by atoms with E-state index in [2.05, 4.69) is 10.6 Å². The van der Waals surface area contributed by atoms with Gasteiger partial charge in [-0.3, -0.25) is 0 Å². The highest BCUT2D eigenvalue weighted by Crippen LogP contribution is 2.26. The summed E-state index contributed by atoms with van der Waals surface area (Å²) in [5, 5.41) is 10.5. The molecule has 5 nitrogen and oxygen atoms in total. The van der Waals surface area contributed by atoms with E-state index >= 15 is 0 Å². The van der Waals surface area contributed by atoms with Crippen molar-refractivity contribution in [3.05, 3.63) is 15.8 Å². The van der Waals surface area contributed by atoms with Crippen LogP contribution in [0.4, 0.5) is 0 Å². The van der Waals surface area contributed by atoms with Gasteiger partial charge < -0.3 is 5.11 Å². The molecule has 0 amide bonds. The van der Waals surface area contributed by atoms with E-state index in [-0.39, 0.29) is 16.3 Å². The van der Waals surface area contributed by atoms with Crippen LogP contribution in [-0.2, 0) is 10.0 Å². The normalized spacial score (nSPS) is 11.2. The molecule has 0 fully saturated rings. The van der Waals surface area contributed by atoms with Crippen LogP contribution in [0.15, 0.2) is 10.3 Å². The second kappa shape index (κ2) is 6.70. The van der Waals surface area contributed by atoms with E-state index in [1.807, 2.05) is 0 Å². The molecule has 0 unspecified atom stereocenters. The number of hydrogen-bond acceptors (Lipinski definition) is 4. The van der Waals surface area contributed by atoms with Crippen molar-refractivity contribution in [2.24, 2.45) is 0 Å². The SMILES string of the molecule is C#CCCCCNS(=O)(=O)c1c(C)csc1C(=O)O. The summed E-state index contributed by atoms with van der Waals surface area (Å²) in [4.78, 5) is 10.7. The number of carbonyl (C=O) groups is 1. The lowest BCUT2D eigenvalue weighted by Gasteiger charge is -2.07. The standard InChI is InChI=1S/C12H15NO4S2/c1-3-4-5-6-7-13-19(16,17)11-9(2)8-18-10(11)12(14)15/h1,8,13H,4-7H2,2H3,(H,14,15). The molecule has 0 bridgehead atoms. The summed E-state index contributed by atoms with van der Waals surface area (Å²) in [6, 6.07) is 0. The van der Waals surface area contributed by atoms with Crippen molar-refractivity contribution in [2.45, 2.75) is 31.1 Å². The number of nitrogens with one attached hydrogen (secondary N) is 1. The van der Waals surface area contributed by atoms with Gasteiger partial charge in [-0.15, -0.1) is 23.7 Å². The topological polar surface area (TPSA) is 83.5 Å². The fourth-order valence-electron chi connectivity index (χ4n) is 1.55. The lowest BCUT2D eigenvalue weighted by atomic mass is 10.2. The van der Waals surface area contributed by atoms with Gasteiger partial charge in [0.1, 0.15) is 9.77 Å². The van der Waals surface area contributed by atoms with Gasteiger partial charge in [0, 0.05) is 13.0 Å². The van der Waals surface area contributed by atoms with Gasteiger partial charge in [0.2, 0.25) is 10.0 Å². The average Bonchev–Trinajstić information content (AvgIpc) is 2.71. The number of aromatic carboxylic acids is 1. The first-order valence-corrected chi connectivity index (χ1v) is 8.01. The molecular weight excluding hydrogens is 286 g/mol. The van der Waals surface area contributed by atoms with E-state index in [1.165, 1.54) is 5.38 Å². The van der Waals surface area contributed by atoms with Crippen LogP contribution in [0.2, 0.25) is 0 Å². The Hall–Kier alpha value is -1.36. The first-order chi connectivity index (χ1) is 8.90. The number of hydrogen-bond donors (Lipinski definition) is 2. The first kappa shape index (κ1) is 15.7. The van der Waals surface area contributed by atoms with Crippen LogP contribution >= 0.6 is 11.3 Å². The Labute approximate surface area is 116 Å². The van der Waals surface area contributed by atoms with Gasteiger partial charge in [-0.2, -0.15) is 0 Å². The molecule has 2 N–H and O–H groups in total. The maximum Gasteiger partial charge on any atom is 0.347 e. The molecule has 0 spiro atoms. The predicted molar refractivity (Wildman–Crippen MR) is 73.9 cm³/mol. The molecule has 1 heterocycles. The van der Waals surface area contributed by atoms with Crippen LogP contribution in [0.5, 0.6) is 0 Å². The molecule has 104 valence electrons. The quantitative estimate of drug-likeness (QED) is 0.594. The number of rotatable bonds is 7. The van der Waals surface area contributed by atoms with Gasteiger partial charge in [-0.05, 0) is 30.7 Å². The zero-order chi connectivity index (χ0) is 14.5. The summed E-state index contributed by atoms with van der Waals surface area (Å²) in [6.07, 6.45) is 7.04. The Morgan fingerprint density at radius 1 is 1.53 bits per heavy atom. The monoisotopic (exact) mass is 301 g/mol. The van der Waals surface area contributed by atoms with E-state index in [9.17, 15) is 13.2 Å². The van der Waals surface area contributed by atoms with Gasteiger partial charge in [0.05, 0.1) is 0 Å². The third-order valence-electron chi connectivity index (χ3n) is 2.42. The van der Waals surface area contributed by atoms with Gasteiger partial charge in [0.25, 0.3) is 0 Å². The molecule has 0 radical (unpaired) electrons. The molecule has 0 aliphatic heterocycles. The molecule has 0 aromatic carbocycles. The highest BCUT2D eigenvalue weighted by Gasteiger charge is 2.26. The number of thiophene rings is 1. The molecular formula is C12H15NO4S2. The number of unbranched alkanes of at least 4 members (excludes halogenated alkanes) is 2. The maximum atomic E-state index is 12.1. The number of terminal acetylenes is 1. The summed E-state index contributed by atoms with van der Waals surface area (Å²) in [6.45, 7) is 1.83. The highest BCUT2D eigenvalue weighted by molar-refractivity contribution is 7.89. The molecule has 7 heteroatoms. The summed E-state index contributed by atoms with van der Waals surface area (Å²) in [5.74, 6) is 1.24. The summed E-state index contributed by atoms with van der Waals surface area (Å²) < 4.78 is 26.5. The third kappa shape index (κ3) is 4.06. The van der Waals surface area contributed by atoms with Gasteiger partial charge in [-0.1, -0.05) is 0 Å². The minimum Gasteiger partial charge on any atom is -0.477 e. The smallest absolute Gasteiger partial charge is 0.347 e. The van der Waals surface area contributed by atoms with Crippen molar-refractivity contribution in [3.8, 4) is 12.3 Å². The zero-order valence-electron chi connectivity index (χ0n) is 10.5. The predicted octanol–water partition coefficient (Wildman–Crippen LogP) is 1.84. The Balaban J connectivity index is 2.81. The lowest BCUT2D eigenvalue weighted by Crippen LogP contribution is -2.26. The molecule has 0 atom stereocenters. The summed E-state index contributed by atoms with van der Waals surface area (Å²) in [7, 11) is -3.78. The summed E-state index contributed by atoms with van der Waals surface area (Å²) in [5.41, 5.74) is 0.443. The molecule has 19 heavy (non-hydrogen) atoms. The highest BCUT2D eigenvalue weighted by atomic mass is 32.2. The van der Waals surface area contributed by atoms with Crippen LogP contribution < -0.4 is 4.72 Å². The largest absolute Gasteiger partial charge is 0.477 e. The van der Waals surface area contributed by atoms with Crippen LogP contribution in [0.1, 0.15) is 34.5 Å². The van der Waals surface area contributed by atoms with Crippen molar-refractivity contribution in [1.82, 2.24) is 4.72 Å². The van der Waals surface area contributed by atoms with Gasteiger partial charge in [-0.25, -0.2) is 17.9 Å². The Bertz CT molecular complexity index is 596. The first-order valence-electron chi connectivity index (χ1n) is 5.64. The number of carboxylic acid groups (broad SMARTS) is 1. The van der Waals surface area contributed by atoms with Gasteiger partial charge >= 0.3 is 5.97 Å². The Morgan fingerprint density at radius 2 is 2.21 bits per heavy atom. The van der Waals surface area contributed by atoms with E-state index in [1.54, 1.807) is 6.92 Å². The van der Waals surface area contributed by atoms with Crippen molar-refractivity contribution in [3.63, 3.8) is 0 Å². The lowest BCUT2D eigenvalue weighted by molar-refractivity contribution is 0.0698.